The van der Waals surface area contributed by atoms with E-state index in [9.17, 15) is 4.79 Å². The first-order valence-electron chi connectivity index (χ1n) is 7.60. The summed E-state index contributed by atoms with van der Waals surface area (Å²) in [6, 6.07) is 11.7. The van der Waals surface area contributed by atoms with Gasteiger partial charge >= 0.3 is 0 Å². The van der Waals surface area contributed by atoms with Crippen molar-refractivity contribution in [2.24, 2.45) is 0 Å². The summed E-state index contributed by atoms with van der Waals surface area (Å²) >= 11 is 6.17. The number of benzene rings is 1. The second-order valence-electron chi connectivity index (χ2n) is 6.13. The molecule has 0 unspecified atom stereocenters. The zero-order valence-corrected chi connectivity index (χ0v) is 14.0. The first-order chi connectivity index (χ1) is 11.0. The van der Waals surface area contributed by atoms with E-state index in [4.69, 9.17) is 16.3 Å². The fourth-order valence-corrected chi connectivity index (χ4v) is 3.18. The van der Waals surface area contributed by atoms with Gasteiger partial charge in [0.2, 0.25) is 0 Å². The Bertz CT molecular complexity index is 703. The standard InChI is InChI=1S/C18H19ClN2O2/c1-18(2)21(17(22)15-11-20-9-8-16(15)19)14(12-23-18)10-13-6-4-3-5-7-13/h3-9,11,14H,10,12H2,1-2H3/t14-/m0/s1. The van der Waals surface area contributed by atoms with Gasteiger partial charge in [-0.25, -0.2) is 0 Å². The maximum Gasteiger partial charge on any atom is 0.259 e. The molecule has 120 valence electrons. The van der Waals surface area contributed by atoms with Gasteiger partial charge in [-0.3, -0.25) is 9.78 Å². The van der Waals surface area contributed by atoms with E-state index >= 15 is 0 Å². The SMILES string of the molecule is CC1(C)OC[C@H](Cc2ccccc2)N1C(=O)c1cnccc1Cl. The van der Waals surface area contributed by atoms with Gasteiger partial charge in [0.1, 0.15) is 5.72 Å². The molecule has 0 radical (unpaired) electrons. The van der Waals surface area contributed by atoms with Crippen LogP contribution in [0, 0.1) is 0 Å². The highest BCUT2D eigenvalue weighted by molar-refractivity contribution is 6.33. The average molecular weight is 331 g/mol. The molecule has 1 atom stereocenters. The van der Waals surface area contributed by atoms with Crippen molar-refractivity contribution in [2.75, 3.05) is 6.61 Å². The molecule has 0 bridgehead atoms. The monoisotopic (exact) mass is 330 g/mol. The molecule has 0 saturated carbocycles. The Balaban J connectivity index is 1.89. The lowest BCUT2D eigenvalue weighted by Gasteiger charge is -2.34. The summed E-state index contributed by atoms with van der Waals surface area (Å²) in [4.78, 5) is 18.8. The topological polar surface area (TPSA) is 42.4 Å². The van der Waals surface area contributed by atoms with Crippen LogP contribution in [0.3, 0.4) is 0 Å². The number of nitrogens with zero attached hydrogens (tertiary/aromatic N) is 2. The molecule has 5 heteroatoms. The van der Waals surface area contributed by atoms with E-state index in [0.29, 0.717) is 17.2 Å². The molecule has 23 heavy (non-hydrogen) atoms. The smallest absolute Gasteiger partial charge is 0.259 e. The largest absolute Gasteiger partial charge is 0.354 e. The van der Waals surface area contributed by atoms with Gasteiger partial charge in [-0.1, -0.05) is 41.9 Å². The number of hydrogen-bond donors (Lipinski definition) is 0. The Morgan fingerprint density at radius 3 is 2.78 bits per heavy atom. The van der Waals surface area contributed by atoms with Gasteiger partial charge in [0.05, 0.1) is 23.2 Å². The van der Waals surface area contributed by atoms with E-state index in [1.807, 2.05) is 32.0 Å². The van der Waals surface area contributed by atoms with Crippen LogP contribution in [0.5, 0.6) is 0 Å². The number of amides is 1. The van der Waals surface area contributed by atoms with Gasteiger partial charge in [-0.05, 0) is 31.9 Å². The Morgan fingerprint density at radius 1 is 1.35 bits per heavy atom. The quantitative estimate of drug-likeness (QED) is 0.864. The predicted molar refractivity (Wildman–Crippen MR) is 89.4 cm³/mol. The lowest BCUT2D eigenvalue weighted by Crippen LogP contribution is -2.48. The van der Waals surface area contributed by atoms with E-state index in [-0.39, 0.29) is 11.9 Å². The fraction of sp³-hybridized carbons (Fsp3) is 0.333. The molecule has 3 rings (SSSR count). The molecular weight excluding hydrogens is 312 g/mol. The Labute approximate surface area is 141 Å². The maximum absolute atomic E-state index is 13.0. The molecule has 0 spiro atoms. The van der Waals surface area contributed by atoms with E-state index in [1.165, 1.54) is 11.8 Å². The van der Waals surface area contributed by atoms with Crippen LogP contribution in [-0.4, -0.2) is 34.2 Å². The minimum atomic E-state index is -0.671. The second-order valence-corrected chi connectivity index (χ2v) is 6.54. The molecule has 1 saturated heterocycles. The highest BCUT2D eigenvalue weighted by Crippen LogP contribution is 2.32. The van der Waals surface area contributed by atoms with Gasteiger partial charge in [0.25, 0.3) is 5.91 Å². The van der Waals surface area contributed by atoms with Crippen LogP contribution in [0.1, 0.15) is 29.8 Å². The lowest BCUT2D eigenvalue weighted by molar-refractivity contribution is -0.0401. The van der Waals surface area contributed by atoms with Crippen LogP contribution in [0.2, 0.25) is 5.02 Å². The minimum absolute atomic E-state index is 0.0313. The van der Waals surface area contributed by atoms with Crippen LogP contribution in [-0.2, 0) is 11.2 Å². The highest BCUT2D eigenvalue weighted by atomic mass is 35.5. The predicted octanol–water partition coefficient (Wildman–Crippen LogP) is 3.55. The normalized spacial score (nSPS) is 19.8. The van der Waals surface area contributed by atoms with Crippen LogP contribution < -0.4 is 0 Å². The number of carbonyl (C=O) groups is 1. The number of hydrogen-bond acceptors (Lipinski definition) is 3. The number of rotatable bonds is 3. The average Bonchev–Trinajstić information content (AvgIpc) is 2.83. The highest BCUT2D eigenvalue weighted by Gasteiger charge is 2.44. The van der Waals surface area contributed by atoms with Gasteiger partial charge in [-0.15, -0.1) is 0 Å². The van der Waals surface area contributed by atoms with E-state index in [1.54, 1.807) is 17.2 Å². The Kier molecular flexibility index (Phi) is 4.37. The zero-order chi connectivity index (χ0) is 16.4. The molecular formula is C18H19ClN2O2. The molecule has 2 aromatic rings. The van der Waals surface area contributed by atoms with Crippen molar-refractivity contribution < 1.29 is 9.53 Å². The van der Waals surface area contributed by atoms with Gasteiger partial charge < -0.3 is 9.64 Å². The van der Waals surface area contributed by atoms with Crippen LogP contribution >= 0.6 is 11.6 Å². The second kappa shape index (κ2) is 6.30. The van der Waals surface area contributed by atoms with Crippen molar-refractivity contribution in [3.05, 3.63) is 64.9 Å². The summed E-state index contributed by atoms with van der Waals surface area (Å²) in [5.74, 6) is -0.147. The minimum Gasteiger partial charge on any atom is -0.354 e. The van der Waals surface area contributed by atoms with Crippen molar-refractivity contribution >= 4 is 17.5 Å². The summed E-state index contributed by atoms with van der Waals surface area (Å²) in [5, 5.41) is 0.408. The summed E-state index contributed by atoms with van der Waals surface area (Å²) in [6.07, 6.45) is 3.83. The molecule has 1 aliphatic heterocycles. The van der Waals surface area contributed by atoms with Crippen molar-refractivity contribution in [3.8, 4) is 0 Å². The molecule has 1 aliphatic rings. The van der Waals surface area contributed by atoms with Gasteiger partial charge in [-0.2, -0.15) is 0 Å². The number of aromatic nitrogens is 1. The van der Waals surface area contributed by atoms with E-state index < -0.39 is 5.72 Å². The lowest BCUT2D eigenvalue weighted by atomic mass is 10.0. The van der Waals surface area contributed by atoms with Crippen LogP contribution in [0.15, 0.2) is 48.8 Å². The molecule has 1 fully saturated rings. The van der Waals surface area contributed by atoms with Gasteiger partial charge in [0.15, 0.2) is 0 Å². The summed E-state index contributed by atoms with van der Waals surface area (Å²) < 4.78 is 5.86. The third kappa shape index (κ3) is 3.23. The third-order valence-corrected chi connectivity index (χ3v) is 4.44. The van der Waals surface area contributed by atoms with Crippen molar-refractivity contribution in [2.45, 2.75) is 32.0 Å². The fourth-order valence-electron chi connectivity index (χ4n) is 3.00. The molecule has 0 aliphatic carbocycles. The first-order valence-corrected chi connectivity index (χ1v) is 7.98. The Hall–Kier alpha value is -1.91. The maximum atomic E-state index is 13.0. The molecule has 1 aromatic heterocycles. The first kappa shape index (κ1) is 16.0. The van der Waals surface area contributed by atoms with E-state index in [2.05, 4.69) is 17.1 Å². The van der Waals surface area contributed by atoms with Crippen LogP contribution in [0.25, 0.3) is 0 Å². The molecule has 0 N–H and O–H groups in total. The number of pyridine rings is 1. The molecule has 1 amide bonds. The van der Waals surface area contributed by atoms with Crippen molar-refractivity contribution in [1.82, 2.24) is 9.88 Å². The van der Waals surface area contributed by atoms with Crippen LogP contribution in [0.4, 0.5) is 0 Å². The number of ether oxygens (including phenoxy) is 1. The Morgan fingerprint density at radius 2 is 2.09 bits per heavy atom. The number of carbonyl (C=O) groups excluding carboxylic acids is 1. The summed E-state index contributed by atoms with van der Waals surface area (Å²) in [6.45, 7) is 4.31. The third-order valence-electron chi connectivity index (χ3n) is 4.11. The summed E-state index contributed by atoms with van der Waals surface area (Å²) in [5.41, 5.74) is 0.912. The van der Waals surface area contributed by atoms with Crippen molar-refractivity contribution in [1.29, 1.82) is 0 Å². The number of halogens is 1. The molecule has 4 nitrogen and oxygen atoms in total. The summed E-state index contributed by atoms with van der Waals surface area (Å²) in [7, 11) is 0. The van der Waals surface area contributed by atoms with Gasteiger partial charge in [0, 0.05) is 12.4 Å². The zero-order valence-electron chi connectivity index (χ0n) is 13.2. The van der Waals surface area contributed by atoms with Crippen molar-refractivity contribution in [3.63, 3.8) is 0 Å². The molecule has 2 heterocycles. The molecule has 1 aromatic carbocycles. The van der Waals surface area contributed by atoms with E-state index in [0.717, 1.165) is 6.42 Å².